The minimum atomic E-state index is -3.67. The van der Waals surface area contributed by atoms with Gasteiger partial charge in [-0.3, -0.25) is 4.72 Å². The Morgan fingerprint density at radius 2 is 2.21 bits per heavy atom. The van der Waals surface area contributed by atoms with Crippen molar-refractivity contribution in [2.24, 2.45) is 0 Å². The first-order valence-corrected chi connectivity index (χ1v) is 8.36. The first-order valence-electron chi connectivity index (χ1n) is 5.42. The molecule has 0 saturated heterocycles. The van der Waals surface area contributed by atoms with Gasteiger partial charge >= 0.3 is 0 Å². The molecule has 1 N–H and O–H groups in total. The molecule has 0 saturated carbocycles. The van der Waals surface area contributed by atoms with E-state index in [0.717, 1.165) is 3.57 Å². The van der Waals surface area contributed by atoms with Crippen LogP contribution in [0.1, 0.15) is 6.92 Å². The first-order chi connectivity index (χ1) is 8.92. The standard InChI is InChI=1S/C11H11ClIN3O2S/c1-2-16-6-11(14-7-16)19(17,18)15-10-4-3-8(12)5-9(10)13/h3-7,15H,2H2,1H3. The number of hydrogen-bond donors (Lipinski definition) is 1. The fraction of sp³-hybridized carbons (Fsp3) is 0.182. The van der Waals surface area contributed by atoms with E-state index in [0.29, 0.717) is 17.3 Å². The molecule has 0 aliphatic heterocycles. The molecule has 2 rings (SSSR count). The molecule has 2 aromatic rings. The van der Waals surface area contributed by atoms with Crippen LogP contribution >= 0.6 is 34.2 Å². The molecule has 0 spiro atoms. The summed E-state index contributed by atoms with van der Waals surface area (Å²) < 4.78 is 29.2. The Bertz CT molecular complexity index is 700. The van der Waals surface area contributed by atoms with E-state index in [1.54, 1.807) is 22.8 Å². The predicted octanol–water partition coefficient (Wildman–Crippen LogP) is 2.96. The number of imidazole rings is 1. The number of sulfonamides is 1. The molecular weight excluding hydrogens is 401 g/mol. The van der Waals surface area contributed by atoms with Crippen molar-refractivity contribution in [3.8, 4) is 0 Å². The SMILES string of the molecule is CCn1cnc(S(=O)(=O)Nc2ccc(Cl)cc2I)c1. The zero-order valence-corrected chi connectivity index (χ0v) is 13.7. The Labute approximate surface area is 130 Å². The fourth-order valence-electron chi connectivity index (χ4n) is 1.42. The van der Waals surface area contributed by atoms with Gasteiger partial charge < -0.3 is 4.57 Å². The average molecular weight is 412 g/mol. The lowest BCUT2D eigenvalue weighted by molar-refractivity contribution is 0.598. The van der Waals surface area contributed by atoms with Gasteiger partial charge in [-0.2, -0.15) is 8.42 Å². The highest BCUT2D eigenvalue weighted by Gasteiger charge is 2.18. The summed E-state index contributed by atoms with van der Waals surface area (Å²) >= 11 is 7.85. The van der Waals surface area contributed by atoms with Gasteiger partial charge in [0.05, 0.1) is 12.0 Å². The molecule has 0 aliphatic rings. The molecule has 19 heavy (non-hydrogen) atoms. The van der Waals surface area contributed by atoms with Crippen molar-refractivity contribution in [1.82, 2.24) is 9.55 Å². The lowest BCUT2D eigenvalue weighted by Gasteiger charge is -2.08. The minimum Gasteiger partial charge on any atom is -0.336 e. The van der Waals surface area contributed by atoms with Crippen molar-refractivity contribution in [3.63, 3.8) is 0 Å². The van der Waals surface area contributed by atoms with E-state index < -0.39 is 10.0 Å². The van der Waals surface area contributed by atoms with Gasteiger partial charge in [-0.15, -0.1) is 0 Å². The molecule has 0 unspecified atom stereocenters. The highest BCUT2D eigenvalue weighted by atomic mass is 127. The monoisotopic (exact) mass is 411 g/mol. The summed E-state index contributed by atoms with van der Waals surface area (Å²) in [6, 6.07) is 4.94. The van der Waals surface area contributed by atoms with E-state index in [9.17, 15) is 8.42 Å². The molecule has 0 bridgehead atoms. The summed E-state index contributed by atoms with van der Waals surface area (Å²) in [5.41, 5.74) is 0.482. The second kappa shape index (κ2) is 5.68. The Kier molecular flexibility index (Phi) is 4.36. The van der Waals surface area contributed by atoms with Gasteiger partial charge in [0.15, 0.2) is 5.03 Å². The molecule has 1 aromatic carbocycles. The lowest BCUT2D eigenvalue weighted by Crippen LogP contribution is -2.14. The van der Waals surface area contributed by atoms with Crippen LogP contribution in [-0.2, 0) is 16.6 Å². The van der Waals surface area contributed by atoms with Gasteiger partial charge in [0, 0.05) is 21.3 Å². The molecule has 8 heteroatoms. The van der Waals surface area contributed by atoms with E-state index in [1.165, 1.54) is 12.5 Å². The highest BCUT2D eigenvalue weighted by molar-refractivity contribution is 14.1. The van der Waals surface area contributed by atoms with E-state index >= 15 is 0 Å². The van der Waals surface area contributed by atoms with Gasteiger partial charge in [-0.05, 0) is 47.7 Å². The minimum absolute atomic E-state index is 0.0000926. The Hall–Kier alpha value is -0.800. The molecule has 1 aromatic heterocycles. The summed E-state index contributed by atoms with van der Waals surface area (Å²) in [5, 5.41) is 0.558. The van der Waals surface area contributed by atoms with Gasteiger partial charge in [0.1, 0.15) is 0 Å². The topological polar surface area (TPSA) is 64.0 Å². The van der Waals surface area contributed by atoms with E-state index in [2.05, 4.69) is 9.71 Å². The second-order valence-corrected chi connectivity index (χ2v) is 7.00. The van der Waals surface area contributed by atoms with Crippen molar-refractivity contribution in [1.29, 1.82) is 0 Å². The molecule has 0 radical (unpaired) electrons. The largest absolute Gasteiger partial charge is 0.336 e. The number of rotatable bonds is 4. The van der Waals surface area contributed by atoms with Crippen molar-refractivity contribution < 1.29 is 8.42 Å². The number of nitrogens with one attached hydrogen (secondary N) is 1. The molecule has 5 nitrogen and oxygen atoms in total. The summed E-state index contributed by atoms with van der Waals surface area (Å²) in [7, 11) is -3.67. The highest BCUT2D eigenvalue weighted by Crippen LogP contribution is 2.24. The van der Waals surface area contributed by atoms with Crippen molar-refractivity contribution in [2.75, 3.05) is 4.72 Å². The lowest BCUT2D eigenvalue weighted by atomic mass is 10.3. The normalized spacial score (nSPS) is 11.5. The fourth-order valence-corrected chi connectivity index (χ4v) is 3.64. The van der Waals surface area contributed by atoms with Gasteiger partial charge in [0.25, 0.3) is 10.0 Å². The van der Waals surface area contributed by atoms with E-state index in [1.807, 2.05) is 29.5 Å². The third-order valence-electron chi connectivity index (χ3n) is 2.43. The predicted molar refractivity (Wildman–Crippen MR) is 82.9 cm³/mol. The van der Waals surface area contributed by atoms with Gasteiger partial charge in [0.2, 0.25) is 0 Å². The van der Waals surface area contributed by atoms with Gasteiger partial charge in [-0.25, -0.2) is 4.98 Å². The summed E-state index contributed by atoms with van der Waals surface area (Å²) in [6.07, 6.45) is 2.98. The second-order valence-electron chi connectivity index (χ2n) is 3.77. The van der Waals surface area contributed by atoms with E-state index in [4.69, 9.17) is 11.6 Å². The molecule has 0 atom stereocenters. The number of nitrogens with zero attached hydrogens (tertiary/aromatic N) is 2. The maximum atomic E-state index is 12.1. The number of aryl methyl sites for hydroxylation is 1. The third kappa shape index (κ3) is 3.40. The van der Waals surface area contributed by atoms with Crippen LogP contribution in [0.3, 0.4) is 0 Å². The molecule has 0 aliphatic carbocycles. The maximum Gasteiger partial charge on any atom is 0.280 e. The summed E-state index contributed by atoms with van der Waals surface area (Å²) in [5.74, 6) is 0. The summed E-state index contributed by atoms with van der Waals surface area (Å²) in [6.45, 7) is 2.58. The van der Waals surface area contributed by atoms with Crippen molar-refractivity contribution >= 4 is 49.9 Å². The summed E-state index contributed by atoms with van der Waals surface area (Å²) in [4.78, 5) is 3.89. The van der Waals surface area contributed by atoms with Crippen molar-refractivity contribution in [2.45, 2.75) is 18.5 Å². The zero-order chi connectivity index (χ0) is 14.0. The van der Waals surface area contributed by atoms with Crippen LogP contribution in [0.4, 0.5) is 5.69 Å². The first kappa shape index (κ1) is 14.6. The molecular formula is C11H11ClIN3O2S. The van der Waals surface area contributed by atoms with Crippen LogP contribution in [0, 0.1) is 3.57 Å². The number of aromatic nitrogens is 2. The average Bonchev–Trinajstić information content (AvgIpc) is 2.82. The number of hydrogen-bond acceptors (Lipinski definition) is 3. The molecule has 1 heterocycles. The van der Waals surface area contributed by atoms with Gasteiger partial charge in [-0.1, -0.05) is 11.6 Å². The van der Waals surface area contributed by atoms with E-state index in [-0.39, 0.29) is 5.03 Å². The smallest absolute Gasteiger partial charge is 0.280 e. The van der Waals surface area contributed by atoms with Crippen molar-refractivity contribution in [3.05, 3.63) is 39.3 Å². The molecule has 0 amide bonds. The molecule has 0 fully saturated rings. The quantitative estimate of drug-likeness (QED) is 0.787. The Morgan fingerprint density at radius 1 is 1.47 bits per heavy atom. The van der Waals surface area contributed by atoms with Crippen LogP contribution in [0.25, 0.3) is 0 Å². The zero-order valence-electron chi connectivity index (χ0n) is 9.97. The van der Waals surface area contributed by atoms with Crippen LogP contribution < -0.4 is 4.72 Å². The van der Waals surface area contributed by atoms with Crippen LogP contribution in [0.5, 0.6) is 0 Å². The number of anilines is 1. The van der Waals surface area contributed by atoms with Crippen LogP contribution in [0.2, 0.25) is 5.02 Å². The number of benzene rings is 1. The third-order valence-corrected chi connectivity index (χ3v) is 4.80. The maximum absolute atomic E-state index is 12.1. The van der Waals surface area contributed by atoms with Crippen LogP contribution in [0.15, 0.2) is 35.7 Å². The van der Waals surface area contributed by atoms with Crippen LogP contribution in [-0.4, -0.2) is 18.0 Å². The Morgan fingerprint density at radius 3 is 2.79 bits per heavy atom. The Balaban J connectivity index is 2.30. The number of halogens is 2. The molecule has 102 valence electrons.